The molecule has 0 aromatic heterocycles. The molecular weight excluding hydrogens is 248 g/mol. The number of nitrogens with one attached hydrogen (secondary N) is 1. The van der Waals surface area contributed by atoms with E-state index < -0.39 is 12.1 Å². The van der Waals surface area contributed by atoms with Gasteiger partial charge in [-0.15, -0.1) is 0 Å². The maximum atomic E-state index is 11.5. The van der Waals surface area contributed by atoms with Crippen LogP contribution < -0.4 is 11.1 Å². The number of para-hydroxylation sites is 1. The minimum Gasteiger partial charge on any atom is -0.394 e. The summed E-state index contributed by atoms with van der Waals surface area (Å²) in [6.07, 6.45) is 0. The molecular formula is C9H9BrN2O2. The third-order valence-electron chi connectivity index (χ3n) is 2.39. The van der Waals surface area contributed by atoms with Crippen LogP contribution in [0.3, 0.4) is 0 Å². The average Bonchev–Trinajstić information content (AvgIpc) is 2.43. The van der Waals surface area contributed by atoms with Crippen LogP contribution in [-0.2, 0) is 10.3 Å². The number of benzene rings is 1. The molecule has 14 heavy (non-hydrogen) atoms. The second-order valence-corrected chi connectivity index (χ2v) is 4.10. The summed E-state index contributed by atoms with van der Waals surface area (Å²) in [7, 11) is 0. The van der Waals surface area contributed by atoms with Gasteiger partial charge in [0.1, 0.15) is 5.54 Å². The molecule has 4 N–H and O–H groups in total. The van der Waals surface area contributed by atoms with Gasteiger partial charge in [-0.1, -0.05) is 12.1 Å². The van der Waals surface area contributed by atoms with Crippen LogP contribution >= 0.6 is 15.9 Å². The highest BCUT2D eigenvalue weighted by molar-refractivity contribution is 9.10. The Labute approximate surface area is 89.2 Å². The van der Waals surface area contributed by atoms with E-state index in [9.17, 15) is 4.79 Å². The predicted molar refractivity (Wildman–Crippen MR) is 55.7 cm³/mol. The van der Waals surface area contributed by atoms with Crippen LogP contribution in [0.5, 0.6) is 0 Å². The topological polar surface area (TPSA) is 75.3 Å². The molecule has 4 nitrogen and oxygen atoms in total. The number of amides is 1. The van der Waals surface area contributed by atoms with E-state index >= 15 is 0 Å². The van der Waals surface area contributed by atoms with E-state index in [1.807, 2.05) is 6.07 Å². The third-order valence-corrected chi connectivity index (χ3v) is 3.05. The maximum Gasteiger partial charge on any atom is 0.251 e. The number of carbonyl (C=O) groups is 1. The van der Waals surface area contributed by atoms with E-state index in [1.54, 1.807) is 12.1 Å². The molecule has 1 aromatic carbocycles. The molecule has 0 saturated carbocycles. The van der Waals surface area contributed by atoms with Crippen LogP contribution in [0.1, 0.15) is 5.56 Å². The van der Waals surface area contributed by atoms with Gasteiger partial charge in [-0.05, 0) is 22.0 Å². The Morgan fingerprint density at radius 3 is 2.93 bits per heavy atom. The molecule has 2 rings (SSSR count). The number of aliphatic hydroxyl groups is 1. The highest BCUT2D eigenvalue weighted by Gasteiger charge is 2.43. The molecule has 1 atom stereocenters. The third kappa shape index (κ3) is 1.10. The molecule has 0 bridgehead atoms. The van der Waals surface area contributed by atoms with Crippen molar-refractivity contribution in [3.05, 3.63) is 28.2 Å². The molecule has 5 heteroatoms. The summed E-state index contributed by atoms with van der Waals surface area (Å²) in [4.78, 5) is 11.5. The first kappa shape index (κ1) is 9.64. The van der Waals surface area contributed by atoms with Crippen molar-refractivity contribution in [2.75, 3.05) is 11.9 Å². The van der Waals surface area contributed by atoms with E-state index in [0.29, 0.717) is 11.3 Å². The molecule has 0 spiro atoms. The molecule has 0 radical (unpaired) electrons. The molecule has 74 valence electrons. The Bertz CT molecular complexity index is 408. The molecule has 1 heterocycles. The van der Waals surface area contributed by atoms with Crippen molar-refractivity contribution in [1.29, 1.82) is 0 Å². The second kappa shape index (κ2) is 3.05. The number of aliphatic hydroxyl groups excluding tert-OH is 1. The summed E-state index contributed by atoms with van der Waals surface area (Å²) < 4.78 is 0.768. The van der Waals surface area contributed by atoms with Gasteiger partial charge in [0.25, 0.3) is 5.91 Å². The number of hydrogen-bond acceptors (Lipinski definition) is 3. The van der Waals surface area contributed by atoms with E-state index in [0.717, 1.165) is 4.47 Å². The van der Waals surface area contributed by atoms with Crippen LogP contribution in [0.4, 0.5) is 5.69 Å². The number of anilines is 1. The Morgan fingerprint density at radius 1 is 1.57 bits per heavy atom. The lowest BCUT2D eigenvalue weighted by Crippen LogP contribution is -2.46. The van der Waals surface area contributed by atoms with E-state index in [1.165, 1.54) is 0 Å². The molecule has 1 aliphatic heterocycles. The Morgan fingerprint density at radius 2 is 2.29 bits per heavy atom. The van der Waals surface area contributed by atoms with Gasteiger partial charge in [-0.25, -0.2) is 0 Å². The van der Waals surface area contributed by atoms with Gasteiger partial charge in [-0.3, -0.25) is 4.79 Å². The van der Waals surface area contributed by atoms with Crippen LogP contribution in [0.15, 0.2) is 22.7 Å². The quantitative estimate of drug-likeness (QED) is 0.687. The summed E-state index contributed by atoms with van der Waals surface area (Å²) in [5.41, 5.74) is 5.76. The molecule has 0 saturated heterocycles. The van der Waals surface area contributed by atoms with Crippen molar-refractivity contribution >= 4 is 27.5 Å². The largest absolute Gasteiger partial charge is 0.394 e. The lowest BCUT2D eigenvalue weighted by atomic mass is 9.94. The molecule has 0 aliphatic carbocycles. The van der Waals surface area contributed by atoms with Crippen LogP contribution in [0, 0.1) is 0 Å². The van der Waals surface area contributed by atoms with Gasteiger partial charge in [0.05, 0.1) is 12.3 Å². The van der Waals surface area contributed by atoms with Crippen molar-refractivity contribution in [3.8, 4) is 0 Å². The number of hydrogen-bond donors (Lipinski definition) is 3. The lowest BCUT2D eigenvalue weighted by molar-refractivity contribution is -0.122. The first-order valence-corrected chi connectivity index (χ1v) is 4.89. The number of fused-ring (bicyclic) bond motifs is 1. The van der Waals surface area contributed by atoms with Crippen LogP contribution in [-0.4, -0.2) is 17.6 Å². The standard InChI is InChI=1S/C9H9BrN2O2/c10-6-3-1-2-5-7(6)12-8(14)9(5,11)4-13/h1-3,13H,4,11H2,(H,12,14)/t9-/m0/s1. The SMILES string of the molecule is N[C@]1(CO)C(=O)Nc2c(Br)cccc21. The average molecular weight is 257 g/mol. The van der Waals surface area contributed by atoms with Gasteiger partial charge in [-0.2, -0.15) is 0 Å². The lowest BCUT2D eigenvalue weighted by Gasteiger charge is -2.18. The molecule has 1 aliphatic rings. The Balaban J connectivity index is 2.64. The Kier molecular flexibility index (Phi) is 2.10. The first-order chi connectivity index (χ1) is 6.59. The first-order valence-electron chi connectivity index (χ1n) is 4.10. The minimum absolute atomic E-state index is 0.373. The van der Waals surface area contributed by atoms with Gasteiger partial charge < -0.3 is 16.2 Å². The van der Waals surface area contributed by atoms with Crippen molar-refractivity contribution in [3.63, 3.8) is 0 Å². The fourth-order valence-corrected chi connectivity index (χ4v) is 1.99. The summed E-state index contributed by atoms with van der Waals surface area (Å²) in [5, 5.41) is 11.8. The fraction of sp³-hybridized carbons (Fsp3) is 0.222. The van der Waals surface area contributed by atoms with Crippen LogP contribution in [0.25, 0.3) is 0 Å². The summed E-state index contributed by atoms with van der Waals surface area (Å²) >= 11 is 3.30. The van der Waals surface area contributed by atoms with Gasteiger partial charge >= 0.3 is 0 Å². The summed E-state index contributed by atoms with van der Waals surface area (Å²) in [5.74, 6) is -0.373. The second-order valence-electron chi connectivity index (χ2n) is 3.25. The molecule has 1 aromatic rings. The van der Waals surface area contributed by atoms with Gasteiger partial charge in [0.2, 0.25) is 0 Å². The fourth-order valence-electron chi connectivity index (χ4n) is 1.53. The van der Waals surface area contributed by atoms with Crippen molar-refractivity contribution in [2.45, 2.75) is 5.54 Å². The van der Waals surface area contributed by atoms with Crippen molar-refractivity contribution < 1.29 is 9.90 Å². The smallest absolute Gasteiger partial charge is 0.251 e. The zero-order valence-electron chi connectivity index (χ0n) is 7.25. The zero-order valence-corrected chi connectivity index (χ0v) is 8.84. The highest BCUT2D eigenvalue weighted by Crippen LogP contribution is 2.38. The number of carbonyl (C=O) groups excluding carboxylic acids is 1. The maximum absolute atomic E-state index is 11.5. The predicted octanol–water partition coefficient (Wildman–Crippen LogP) is 0.548. The van der Waals surface area contributed by atoms with E-state index in [4.69, 9.17) is 10.8 Å². The van der Waals surface area contributed by atoms with Crippen molar-refractivity contribution in [2.24, 2.45) is 5.73 Å². The number of halogens is 1. The molecule has 1 amide bonds. The van der Waals surface area contributed by atoms with Gasteiger partial charge in [0.15, 0.2) is 0 Å². The highest BCUT2D eigenvalue weighted by atomic mass is 79.9. The zero-order chi connectivity index (χ0) is 10.3. The van der Waals surface area contributed by atoms with Gasteiger partial charge in [0, 0.05) is 10.0 Å². The molecule has 0 fully saturated rings. The summed E-state index contributed by atoms with van der Waals surface area (Å²) in [6.45, 7) is -0.401. The number of rotatable bonds is 1. The Hall–Kier alpha value is -0.910. The normalized spacial score (nSPS) is 24.6. The van der Waals surface area contributed by atoms with E-state index in [-0.39, 0.29) is 5.91 Å². The summed E-state index contributed by atoms with van der Waals surface area (Å²) in [6, 6.07) is 5.32. The minimum atomic E-state index is -1.31. The molecule has 0 unspecified atom stereocenters. The number of nitrogens with two attached hydrogens (primary N) is 1. The monoisotopic (exact) mass is 256 g/mol. The van der Waals surface area contributed by atoms with Crippen LogP contribution in [0.2, 0.25) is 0 Å². The van der Waals surface area contributed by atoms with Crippen molar-refractivity contribution in [1.82, 2.24) is 0 Å². The van der Waals surface area contributed by atoms with E-state index in [2.05, 4.69) is 21.2 Å².